The standard InChI is InChI=1S/C30H50/c1-22(2)12-9-13-23(3)14-10-15-24(4)25-16-17-27-29(25,7)21-18-26-28(5,6)19-11-20-30(26,27)8/h12,14,25-27H,4,9-11,13,15-21H2,1-3,5-8H3/b23-14+/t25-,26-,27?,29-,30-/m0/s1. The Morgan fingerprint density at radius 1 is 0.800 bits per heavy atom. The third-order valence-corrected chi connectivity index (χ3v) is 9.92. The molecule has 3 rings (SSSR count). The molecule has 0 heteroatoms. The van der Waals surface area contributed by atoms with Crippen LogP contribution in [-0.2, 0) is 0 Å². The van der Waals surface area contributed by atoms with E-state index in [-0.39, 0.29) is 0 Å². The topological polar surface area (TPSA) is 0 Å². The van der Waals surface area contributed by atoms with E-state index < -0.39 is 0 Å². The van der Waals surface area contributed by atoms with Crippen molar-refractivity contribution in [3.05, 3.63) is 35.5 Å². The molecule has 0 heterocycles. The molecule has 3 aliphatic rings. The maximum absolute atomic E-state index is 4.67. The van der Waals surface area contributed by atoms with Crippen LogP contribution < -0.4 is 0 Å². The fraction of sp³-hybridized carbons (Fsp3) is 0.800. The van der Waals surface area contributed by atoms with Gasteiger partial charge in [-0.3, -0.25) is 0 Å². The first-order valence-corrected chi connectivity index (χ1v) is 13.0. The second-order valence-corrected chi connectivity index (χ2v) is 12.7. The number of rotatable bonds is 7. The van der Waals surface area contributed by atoms with E-state index in [1.54, 1.807) is 11.1 Å². The van der Waals surface area contributed by atoms with E-state index in [4.69, 9.17) is 0 Å². The third kappa shape index (κ3) is 4.54. The Morgan fingerprint density at radius 3 is 2.20 bits per heavy atom. The molecule has 0 bridgehead atoms. The Balaban J connectivity index is 1.62. The van der Waals surface area contributed by atoms with Gasteiger partial charge in [0.2, 0.25) is 0 Å². The van der Waals surface area contributed by atoms with E-state index in [2.05, 4.69) is 67.2 Å². The smallest absolute Gasteiger partial charge is 0.0149 e. The van der Waals surface area contributed by atoms with Gasteiger partial charge in [0.25, 0.3) is 0 Å². The first-order valence-electron chi connectivity index (χ1n) is 13.0. The van der Waals surface area contributed by atoms with Crippen molar-refractivity contribution in [2.24, 2.45) is 34.0 Å². The Bertz CT molecular complexity index is 685. The molecule has 0 aromatic rings. The minimum absolute atomic E-state index is 0.498. The normalized spacial score (nSPS) is 38.0. The highest BCUT2D eigenvalue weighted by atomic mass is 14.7. The fourth-order valence-electron chi connectivity index (χ4n) is 8.47. The van der Waals surface area contributed by atoms with Gasteiger partial charge in [0.15, 0.2) is 0 Å². The first-order chi connectivity index (χ1) is 14.0. The van der Waals surface area contributed by atoms with Crippen molar-refractivity contribution in [2.75, 3.05) is 0 Å². The SMILES string of the molecule is C=C(CC/C=C(\C)CCC=C(C)C)[C@@H]1CCC2[C@@]1(C)CC[C@H]1C(C)(C)CCC[C@]21C. The number of hydrogen-bond acceptors (Lipinski definition) is 0. The predicted octanol–water partition coefficient (Wildman–Crippen LogP) is 9.67. The van der Waals surface area contributed by atoms with Gasteiger partial charge in [-0.2, -0.15) is 0 Å². The summed E-state index contributed by atoms with van der Waals surface area (Å²) < 4.78 is 0. The van der Waals surface area contributed by atoms with Crippen LogP contribution in [0.5, 0.6) is 0 Å². The molecule has 1 unspecified atom stereocenters. The van der Waals surface area contributed by atoms with Gasteiger partial charge < -0.3 is 0 Å². The number of fused-ring (bicyclic) bond motifs is 3. The van der Waals surface area contributed by atoms with Gasteiger partial charge in [-0.15, -0.1) is 0 Å². The zero-order chi connectivity index (χ0) is 22.2. The van der Waals surface area contributed by atoms with E-state index in [1.807, 2.05) is 0 Å². The lowest BCUT2D eigenvalue weighted by Crippen LogP contribution is -2.54. The van der Waals surface area contributed by atoms with Crippen molar-refractivity contribution in [1.82, 2.24) is 0 Å². The van der Waals surface area contributed by atoms with Gasteiger partial charge in [-0.05, 0) is 119 Å². The van der Waals surface area contributed by atoms with Crippen molar-refractivity contribution in [2.45, 2.75) is 119 Å². The van der Waals surface area contributed by atoms with Gasteiger partial charge in [-0.25, -0.2) is 0 Å². The minimum atomic E-state index is 0.498. The van der Waals surface area contributed by atoms with Crippen LogP contribution in [0.2, 0.25) is 0 Å². The molecule has 0 radical (unpaired) electrons. The molecule has 170 valence electrons. The molecule has 3 aliphatic carbocycles. The van der Waals surface area contributed by atoms with Gasteiger partial charge in [-0.1, -0.05) is 69.6 Å². The second kappa shape index (κ2) is 8.99. The van der Waals surface area contributed by atoms with Crippen molar-refractivity contribution >= 4 is 0 Å². The van der Waals surface area contributed by atoms with Gasteiger partial charge >= 0.3 is 0 Å². The Kier molecular flexibility index (Phi) is 7.16. The molecule has 3 saturated carbocycles. The summed E-state index contributed by atoms with van der Waals surface area (Å²) in [4.78, 5) is 0. The Hall–Kier alpha value is -0.780. The molecule has 0 aromatic carbocycles. The lowest BCUT2D eigenvalue weighted by atomic mass is 9.43. The summed E-state index contributed by atoms with van der Waals surface area (Å²) in [5.74, 6) is 2.59. The summed E-state index contributed by atoms with van der Waals surface area (Å²) in [6, 6.07) is 0. The summed E-state index contributed by atoms with van der Waals surface area (Å²) in [6.07, 6.45) is 19.7. The third-order valence-electron chi connectivity index (χ3n) is 9.92. The Labute approximate surface area is 188 Å². The molecule has 0 saturated heterocycles. The highest BCUT2D eigenvalue weighted by Crippen LogP contribution is 2.70. The minimum Gasteiger partial charge on any atom is -0.0995 e. The van der Waals surface area contributed by atoms with Crippen LogP contribution in [0.4, 0.5) is 0 Å². The molecule has 0 aromatic heterocycles. The molecule has 30 heavy (non-hydrogen) atoms. The van der Waals surface area contributed by atoms with E-state index in [0.29, 0.717) is 16.2 Å². The maximum Gasteiger partial charge on any atom is -0.0149 e. The number of hydrogen-bond donors (Lipinski definition) is 0. The van der Waals surface area contributed by atoms with E-state index in [0.717, 1.165) is 17.8 Å². The highest BCUT2D eigenvalue weighted by Gasteiger charge is 2.62. The van der Waals surface area contributed by atoms with Crippen LogP contribution >= 0.6 is 0 Å². The summed E-state index contributed by atoms with van der Waals surface area (Å²) in [5.41, 5.74) is 6.14. The molecule has 0 spiro atoms. The molecule has 3 fully saturated rings. The van der Waals surface area contributed by atoms with E-state index >= 15 is 0 Å². The average Bonchev–Trinajstić information content (AvgIpc) is 2.99. The van der Waals surface area contributed by atoms with Crippen LogP contribution in [0.1, 0.15) is 119 Å². The summed E-state index contributed by atoms with van der Waals surface area (Å²) >= 11 is 0. The monoisotopic (exact) mass is 410 g/mol. The second-order valence-electron chi connectivity index (χ2n) is 12.7. The summed E-state index contributed by atoms with van der Waals surface area (Å²) in [5, 5.41) is 0. The molecular weight excluding hydrogens is 360 g/mol. The van der Waals surface area contributed by atoms with Gasteiger partial charge in [0, 0.05) is 0 Å². The molecule has 0 aliphatic heterocycles. The first kappa shape index (κ1) is 23.9. The molecule has 0 amide bonds. The number of allylic oxidation sites excluding steroid dienone is 5. The zero-order valence-corrected chi connectivity index (χ0v) is 21.4. The van der Waals surface area contributed by atoms with Crippen molar-refractivity contribution in [3.63, 3.8) is 0 Å². The average molecular weight is 411 g/mol. The van der Waals surface area contributed by atoms with Crippen LogP contribution in [0.25, 0.3) is 0 Å². The summed E-state index contributed by atoms with van der Waals surface area (Å²) in [6.45, 7) is 21.8. The molecular formula is C30H50. The molecule has 0 N–H and O–H groups in total. The van der Waals surface area contributed by atoms with Crippen molar-refractivity contribution in [3.8, 4) is 0 Å². The lowest BCUT2D eigenvalue weighted by Gasteiger charge is -2.62. The lowest BCUT2D eigenvalue weighted by molar-refractivity contribution is -0.123. The zero-order valence-electron chi connectivity index (χ0n) is 21.4. The van der Waals surface area contributed by atoms with Crippen LogP contribution in [0, 0.1) is 34.0 Å². The van der Waals surface area contributed by atoms with E-state index in [9.17, 15) is 0 Å². The van der Waals surface area contributed by atoms with Gasteiger partial charge in [0.1, 0.15) is 0 Å². The highest BCUT2D eigenvalue weighted by molar-refractivity contribution is 5.18. The van der Waals surface area contributed by atoms with Crippen molar-refractivity contribution in [1.29, 1.82) is 0 Å². The fourth-order valence-corrected chi connectivity index (χ4v) is 8.47. The molecule has 5 atom stereocenters. The van der Waals surface area contributed by atoms with E-state index in [1.165, 1.54) is 76.2 Å². The van der Waals surface area contributed by atoms with Crippen LogP contribution in [0.15, 0.2) is 35.5 Å². The van der Waals surface area contributed by atoms with Crippen molar-refractivity contribution < 1.29 is 0 Å². The van der Waals surface area contributed by atoms with Gasteiger partial charge in [0.05, 0.1) is 0 Å². The van der Waals surface area contributed by atoms with Crippen LogP contribution in [-0.4, -0.2) is 0 Å². The predicted molar refractivity (Wildman–Crippen MR) is 134 cm³/mol. The maximum atomic E-state index is 4.67. The quantitative estimate of drug-likeness (QED) is 0.366. The Morgan fingerprint density at radius 2 is 1.50 bits per heavy atom. The largest absolute Gasteiger partial charge is 0.0995 e. The molecule has 0 nitrogen and oxygen atoms in total. The van der Waals surface area contributed by atoms with Crippen LogP contribution in [0.3, 0.4) is 0 Å². The summed E-state index contributed by atoms with van der Waals surface area (Å²) in [7, 11) is 0.